The van der Waals surface area contributed by atoms with E-state index in [1.54, 1.807) is 13.2 Å². The fraction of sp³-hybridized carbons (Fsp3) is 0.385. The van der Waals surface area contributed by atoms with Gasteiger partial charge < -0.3 is 9.84 Å². The van der Waals surface area contributed by atoms with Gasteiger partial charge in [-0.25, -0.2) is 5.43 Å². The van der Waals surface area contributed by atoms with Crippen molar-refractivity contribution in [3.05, 3.63) is 40.8 Å². The molecule has 0 bridgehead atoms. The summed E-state index contributed by atoms with van der Waals surface area (Å²) >= 11 is 0. The first kappa shape index (κ1) is 11.8. The van der Waals surface area contributed by atoms with E-state index in [1.807, 2.05) is 38.0 Å². The van der Waals surface area contributed by atoms with Crippen LogP contribution in [0.5, 0.6) is 5.75 Å². The van der Waals surface area contributed by atoms with Gasteiger partial charge in [-0.05, 0) is 31.0 Å². The summed E-state index contributed by atoms with van der Waals surface area (Å²) in [6.07, 6.45) is 0. The van der Waals surface area contributed by atoms with Crippen molar-refractivity contribution in [1.29, 1.82) is 0 Å². The number of aryl methyl sites for hydroxylation is 1. The normalized spacial score (nSPS) is 20.0. The minimum absolute atomic E-state index is 0.106. The second-order valence-electron chi connectivity index (χ2n) is 4.36. The highest BCUT2D eigenvalue weighted by Gasteiger charge is 2.28. The van der Waals surface area contributed by atoms with Crippen LogP contribution in [0.15, 0.2) is 29.7 Å². The first-order valence-electron chi connectivity index (χ1n) is 5.58. The molecule has 17 heavy (non-hydrogen) atoms. The lowest BCUT2D eigenvalue weighted by Gasteiger charge is -2.17. The van der Waals surface area contributed by atoms with Gasteiger partial charge in [0.15, 0.2) is 0 Å². The minimum atomic E-state index is 0.106. The lowest BCUT2D eigenvalue weighted by atomic mass is 9.99. The summed E-state index contributed by atoms with van der Waals surface area (Å²) in [6, 6.07) is 5.75. The van der Waals surface area contributed by atoms with E-state index < -0.39 is 0 Å². The van der Waals surface area contributed by atoms with Crippen LogP contribution in [-0.2, 0) is 4.74 Å². The maximum atomic E-state index is 9.54. The van der Waals surface area contributed by atoms with Crippen LogP contribution >= 0.6 is 0 Å². The van der Waals surface area contributed by atoms with Crippen molar-refractivity contribution >= 4 is 0 Å². The second-order valence-corrected chi connectivity index (χ2v) is 4.36. The summed E-state index contributed by atoms with van der Waals surface area (Å²) in [5.41, 5.74) is 6.46. The van der Waals surface area contributed by atoms with Crippen LogP contribution in [0.25, 0.3) is 0 Å². The van der Waals surface area contributed by atoms with E-state index in [2.05, 4.69) is 5.43 Å². The Hall–Kier alpha value is -1.68. The van der Waals surface area contributed by atoms with Gasteiger partial charge in [0, 0.05) is 12.6 Å². The molecule has 4 nitrogen and oxygen atoms in total. The van der Waals surface area contributed by atoms with Crippen LogP contribution < -0.4 is 5.43 Å². The van der Waals surface area contributed by atoms with Crippen LogP contribution in [0, 0.1) is 6.92 Å². The van der Waals surface area contributed by atoms with Gasteiger partial charge in [0.05, 0.1) is 13.2 Å². The van der Waals surface area contributed by atoms with Gasteiger partial charge >= 0.3 is 0 Å². The molecule has 0 saturated heterocycles. The van der Waals surface area contributed by atoms with Crippen molar-refractivity contribution in [3.63, 3.8) is 0 Å². The Kier molecular flexibility index (Phi) is 2.98. The highest BCUT2D eigenvalue weighted by atomic mass is 16.5. The summed E-state index contributed by atoms with van der Waals surface area (Å²) in [4.78, 5) is 0. The van der Waals surface area contributed by atoms with Gasteiger partial charge in [-0.15, -0.1) is 0 Å². The Morgan fingerprint density at radius 2 is 2.06 bits per heavy atom. The molecule has 0 aliphatic carbocycles. The quantitative estimate of drug-likeness (QED) is 0.822. The van der Waals surface area contributed by atoms with Crippen molar-refractivity contribution in [2.24, 2.45) is 0 Å². The van der Waals surface area contributed by atoms with Crippen molar-refractivity contribution in [2.75, 3.05) is 14.2 Å². The molecule has 4 heteroatoms. The molecule has 1 aliphatic heterocycles. The van der Waals surface area contributed by atoms with Gasteiger partial charge in [-0.1, -0.05) is 12.1 Å². The van der Waals surface area contributed by atoms with Crippen molar-refractivity contribution < 1.29 is 9.84 Å². The van der Waals surface area contributed by atoms with Gasteiger partial charge in [0.25, 0.3) is 0 Å². The van der Waals surface area contributed by atoms with Crippen LogP contribution in [0.2, 0.25) is 0 Å². The highest BCUT2D eigenvalue weighted by molar-refractivity contribution is 5.39. The maximum Gasteiger partial charge on any atom is 0.204 e. The van der Waals surface area contributed by atoms with E-state index in [0.717, 1.165) is 22.6 Å². The van der Waals surface area contributed by atoms with E-state index in [4.69, 9.17) is 4.74 Å². The molecule has 0 aromatic heterocycles. The molecule has 0 saturated carbocycles. The van der Waals surface area contributed by atoms with Crippen molar-refractivity contribution in [1.82, 2.24) is 10.4 Å². The van der Waals surface area contributed by atoms with Gasteiger partial charge in [0.2, 0.25) is 5.88 Å². The van der Waals surface area contributed by atoms with E-state index >= 15 is 0 Å². The fourth-order valence-corrected chi connectivity index (χ4v) is 2.22. The Morgan fingerprint density at radius 3 is 2.59 bits per heavy atom. The Bertz CT molecular complexity index is 468. The van der Waals surface area contributed by atoms with Gasteiger partial charge in [-0.2, -0.15) is 0 Å². The van der Waals surface area contributed by atoms with Crippen LogP contribution in [0.1, 0.15) is 24.1 Å². The number of benzene rings is 1. The third kappa shape index (κ3) is 1.96. The molecule has 1 heterocycles. The lowest BCUT2D eigenvalue weighted by Crippen LogP contribution is -2.30. The minimum Gasteiger partial charge on any atom is -0.508 e. The molecular weight excluding hydrogens is 216 g/mol. The standard InChI is InChI=1S/C13H18N2O2/c1-8-7-10(5-6-11(8)16)12-9(2)13(17-4)15(3)14-12/h5-7,12,14,16H,1-4H3. The monoisotopic (exact) mass is 234 g/mol. The summed E-state index contributed by atoms with van der Waals surface area (Å²) < 4.78 is 5.34. The SMILES string of the molecule is COC1=C(C)C(c2ccc(O)c(C)c2)NN1C. The Balaban J connectivity index is 2.36. The molecule has 1 unspecified atom stereocenters. The number of hydrazine groups is 1. The van der Waals surface area contributed by atoms with E-state index in [1.165, 1.54) is 0 Å². The summed E-state index contributed by atoms with van der Waals surface area (Å²) in [7, 11) is 3.59. The number of nitrogens with one attached hydrogen (secondary N) is 1. The molecular formula is C13H18N2O2. The molecule has 0 radical (unpaired) electrons. The highest BCUT2D eigenvalue weighted by Crippen LogP contribution is 2.32. The van der Waals surface area contributed by atoms with Gasteiger partial charge in [-0.3, -0.25) is 5.01 Å². The second kappa shape index (κ2) is 4.30. The molecule has 0 amide bonds. The zero-order chi connectivity index (χ0) is 12.6. The average molecular weight is 234 g/mol. The maximum absolute atomic E-state index is 9.54. The lowest BCUT2D eigenvalue weighted by molar-refractivity contribution is 0.151. The summed E-state index contributed by atoms with van der Waals surface area (Å²) in [6.45, 7) is 3.94. The molecule has 2 N–H and O–H groups in total. The topological polar surface area (TPSA) is 44.7 Å². The molecule has 2 rings (SSSR count). The number of phenols is 1. The first-order valence-corrected chi connectivity index (χ1v) is 5.58. The smallest absolute Gasteiger partial charge is 0.204 e. The number of ether oxygens (including phenoxy) is 1. The molecule has 1 aliphatic rings. The van der Waals surface area contributed by atoms with Crippen LogP contribution in [0.4, 0.5) is 0 Å². The van der Waals surface area contributed by atoms with E-state index in [9.17, 15) is 5.11 Å². The zero-order valence-electron chi connectivity index (χ0n) is 10.6. The van der Waals surface area contributed by atoms with Crippen molar-refractivity contribution in [2.45, 2.75) is 19.9 Å². The molecule has 92 valence electrons. The molecule has 1 atom stereocenters. The number of hydrogen-bond acceptors (Lipinski definition) is 4. The third-order valence-corrected chi connectivity index (χ3v) is 3.15. The summed E-state index contributed by atoms with van der Waals surface area (Å²) in [5.74, 6) is 1.18. The fourth-order valence-electron chi connectivity index (χ4n) is 2.22. The van der Waals surface area contributed by atoms with E-state index in [-0.39, 0.29) is 6.04 Å². The zero-order valence-corrected chi connectivity index (χ0v) is 10.6. The third-order valence-electron chi connectivity index (χ3n) is 3.15. The van der Waals surface area contributed by atoms with Crippen molar-refractivity contribution in [3.8, 4) is 5.75 Å². The summed E-state index contributed by atoms with van der Waals surface area (Å²) in [5, 5.41) is 11.4. The molecule has 1 aromatic rings. The number of rotatable bonds is 2. The van der Waals surface area contributed by atoms with Crippen LogP contribution in [0.3, 0.4) is 0 Å². The number of nitrogens with zero attached hydrogens (tertiary/aromatic N) is 1. The van der Waals surface area contributed by atoms with E-state index in [0.29, 0.717) is 5.75 Å². The van der Waals surface area contributed by atoms with Crippen LogP contribution in [-0.4, -0.2) is 24.3 Å². The number of hydrogen-bond donors (Lipinski definition) is 2. The predicted molar refractivity (Wildman–Crippen MR) is 66.2 cm³/mol. The average Bonchev–Trinajstić information content (AvgIpc) is 2.58. The Labute approximate surface area is 101 Å². The number of aromatic hydroxyl groups is 1. The van der Waals surface area contributed by atoms with Gasteiger partial charge in [0.1, 0.15) is 5.75 Å². The first-order chi connectivity index (χ1) is 8.04. The molecule has 1 aromatic carbocycles. The number of phenolic OH excluding ortho intramolecular Hbond substituents is 1. The molecule has 0 spiro atoms. The Morgan fingerprint density at radius 1 is 1.35 bits per heavy atom. The number of methoxy groups -OCH3 is 1. The molecule has 0 fully saturated rings. The predicted octanol–water partition coefficient (Wildman–Crippen LogP) is 2.07. The largest absolute Gasteiger partial charge is 0.508 e.